The highest BCUT2D eigenvalue weighted by Crippen LogP contribution is 2.30. The third-order valence-corrected chi connectivity index (χ3v) is 5.62. The molecule has 0 aliphatic carbocycles. The SMILES string of the molecule is CO[C@@H](C(=O)NCC1(N2CCCCC2)CCOCC1)c1ccccc1. The van der Waals surface area contributed by atoms with E-state index in [-0.39, 0.29) is 11.4 Å². The van der Waals surface area contributed by atoms with E-state index in [0.29, 0.717) is 6.54 Å². The van der Waals surface area contributed by atoms with Crippen molar-refractivity contribution in [2.45, 2.75) is 43.7 Å². The fraction of sp³-hybridized carbons (Fsp3) is 0.650. The second-order valence-electron chi connectivity index (χ2n) is 7.13. The lowest BCUT2D eigenvalue weighted by molar-refractivity contribution is -0.133. The van der Waals surface area contributed by atoms with Crippen LogP contribution in [0.3, 0.4) is 0 Å². The first-order valence-corrected chi connectivity index (χ1v) is 9.43. The largest absolute Gasteiger partial charge is 0.381 e. The first kappa shape index (κ1) is 18.4. The third-order valence-electron chi connectivity index (χ3n) is 5.62. The van der Waals surface area contributed by atoms with E-state index in [1.807, 2.05) is 30.3 Å². The van der Waals surface area contributed by atoms with E-state index in [1.165, 1.54) is 19.3 Å². The van der Waals surface area contributed by atoms with Gasteiger partial charge in [-0.3, -0.25) is 9.69 Å². The molecular weight excluding hydrogens is 316 g/mol. The molecule has 0 saturated carbocycles. The molecule has 2 aliphatic rings. The van der Waals surface area contributed by atoms with E-state index in [9.17, 15) is 4.79 Å². The van der Waals surface area contributed by atoms with Gasteiger partial charge in [-0.1, -0.05) is 36.8 Å². The van der Waals surface area contributed by atoms with E-state index in [4.69, 9.17) is 9.47 Å². The summed E-state index contributed by atoms with van der Waals surface area (Å²) in [7, 11) is 1.59. The number of benzene rings is 1. The van der Waals surface area contributed by atoms with Gasteiger partial charge in [0.1, 0.15) is 0 Å². The first-order valence-electron chi connectivity index (χ1n) is 9.43. The maximum Gasteiger partial charge on any atom is 0.253 e. The molecule has 0 unspecified atom stereocenters. The van der Waals surface area contributed by atoms with E-state index < -0.39 is 6.10 Å². The minimum Gasteiger partial charge on any atom is -0.381 e. The van der Waals surface area contributed by atoms with Gasteiger partial charge < -0.3 is 14.8 Å². The fourth-order valence-electron chi connectivity index (χ4n) is 4.09. The fourth-order valence-corrected chi connectivity index (χ4v) is 4.09. The van der Waals surface area contributed by atoms with Crippen LogP contribution in [0, 0.1) is 0 Å². The van der Waals surface area contributed by atoms with Gasteiger partial charge in [0.2, 0.25) is 0 Å². The highest BCUT2D eigenvalue weighted by molar-refractivity contribution is 5.82. The molecule has 5 nitrogen and oxygen atoms in total. The maximum atomic E-state index is 12.8. The van der Waals surface area contributed by atoms with Gasteiger partial charge in [0.15, 0.2) is 6.10 Å². The second kappa shape index (κ2) is 8.79. The van der Waals surface area contributed by atoms with Crippen molar-refractivity contribution in [2.75, 3.05) is 40.0 Å². The molecule has 25 heavy (non-hydrogen) atoms. The summed E-state index contributed by atoms with van der Waals surface area (Å²) < 4.78 is 11.1. The molecule has 138 valence electrons. The van der Waals surface area contributed by atoms with Crippen LogP contribution in [0.15, 0.2) is 30.3 Å². The quantitative estimate of drug-likeness (QED) is 0.860. The Labute approximate surface area is 150 Å². The number of rotatable bonds is 6. The molecule has 3 rings (SSSR count). The summed E-state index contributed by atoms with van der Waals surface area (Å²) in [5.41, 5.74) is 0.921. The number of hydrogen-bond acceptors (Lipinski definition) is 4. The first-order chi connectivity index (χ1) is 12.2. The molecule has 1 atom stereocenters. The number of hydrogen-bond donors (Lipinski definition) is 1. The Balaban J connectivity index is 1.66. The molecule has 0 spiro atoms. The molecule has 1 aromatic carbocycles. The van der Waals surface area contributed by atoms with Crippen LogP contribution in [0.5, 0.6) is 0 Å². The molecule has 5 heteroatoms. The van der Waals surface area contributed by atoms with Gasteiger partial charge in [0.25, 0.3) is 5.91 Å². The Morgan fingerprint density at radius 1 is 1.20 bits per heavy atom. The topological polar surface area (TPSA) is 50.8 Å². The molecular formula is C20H30N2O3. The minimum atomic E-state index is -0.556. The molecule has 2 aliphatic heterocycles. The Hall–Kier alpha value is -1.43. The molecule has 1 N–H and O–H groups in total. The molecule has 1 amide bonds. The monoisotopic (exact) mass is 346 g/mol. The van der Waals surface area contributed by atoms with Crippen molar-refractivity contribution < 1.29 is 14.3 Å². The van der Waals surface area contributed by atoms with Crippen LogP contribution in [-0.4, -0.2) is 56.3 Å². The van der Waals surface area contributed by atoms with Gasteiger partial charge >= 0.3 is 0 Å². The van der Waals surface area contributed by atoms with Gasteiger partial charge in [-0.2, -0.15) is 0 Å². The van der Waals surface area contributed by atoms with Crippen LogP contribution in [0.25, 0.3) is 0 Å². The second-order valence-corrected chi connectivity index (χ2v) is 7.13. The number of methoxy groups -OCH3 is 1. The zero-order chi connectivity index (χ0) is 17.5. The molecule has 2 saturated heterocycles. The number of ether oxygens (including phenoxy) is 2. The van der Waals surface area contributed by atoms with E-state index in [2.05, 4.69) is 10.2 Å². The average molecular weight is 346 g/mol. The molecule has 0 aromatic heterocycles. The van der Waals surface area contributed by atoms with Crippen LogP contribution >= 0.6 is 0 Å². The predicted molar refractivity (Wildman–Crippen MR) is 97.4 cm³/mol. The third kappa shape index (κ3) is 4.40. The Kier molecular flexibility index (Phi) is 6.45. The van der Waals surface area contributed by atoms with Crippen molar-refractivity contribution >= 4 is 5.91 Å². The van der Waals surface area contributed by atoms with Crippen LogP contribution in [0.2, 0.25) is 0 Å². The van der Waals surface area contributed by atoms with Gasteiger partial charge in [-0.15, -0.1) is 0 Å². The summed E-state index contributed by atoms with van der Waals surface area (Å²) in [6, 6.07) is 9.68. The summed E-state index contributed by atoms with van der Waals surface area (Å²) in [6.45, 7) is 4.48. The summed E-state index contributed by atoms with van der Waals surface area (Å²) in [4.78, 5) is 15.3. The van der Waals surface area contributed by atoms with Gasteiger partial charge in [0, 0.05) is 32.4 Å². The highest BCUT2D eigenvalue weighted by atomic mass is 16.5. The maximum absolute atomic E-state index is 12.8. The summed E-state index contributed by atoms with van der Waals surface area (Å²) in [5, 5.41) is 3.18. The number of nitrogens with zero attached hydrogens (tertiary/aromatic N) is 1. The summed E-state index contributed by atoms with van der Waals surface area (Å²) in [6.07, 6.45) is 5.23. The molecule has 1 aromatic rings. The zero-order valence-electron chi connectivity index (χ0n) is 15.2. The Morgan fingerprint density at radius 3 is 2.52 bits per heavy atom. The van der Waals surface area contributed by atoms with Crippen molar-refractivity contribution in [1.29, 1.82) is 0 Å². The van der Waals surface area contributed by atoms with Gasteiger partial charge in [-0.05, 0) is 44.3 Å². The zero-order valence-corrected chi connectivity index (χ0v) is 15.2. The normalized spacial score (nSPS) is 22.3. The average Bonchev–Trinajstić information content (AvgIpc) is 2.69. The van der Waals surface area contributed by atoms with E-state index in [1.54, 1.807) is 7.11 Å². The van der Waals surface area contributed by atoms with E-state index >= 15 is 0 Å². The van der Waals surface area contributed by atoms with Crippen molar-refractivity contribution in [3.05, 3.63) is 35.9 Å². The standard InChI is InChI=1S/C20H30N2O3/c1-24-18(17-8-4-2-5-9-17)19(23)21-16-20(10-14-25-15-11-20)22-12-6-3-7-13-22/h2,4-5,8-9,18H,3,6-7,10-16H2,1H3,(H,21,23)/t18-/m1/s1. The number of carbonyl (C=O) groups is 1. The molecule has 0 radical (unpaired) electrons. The number of carbonyl (C=O) groups excluding carboxylic acids is 1. The lowest BCUT2D eigenvalue weighted by Crippen LogP contribution is -2.60. The number of nitrogens with one attached hydrogen (secondary N) is 1. The molecule has 2 fully saturated rings. The molecule has 0 bridgehead atoms. The number of piperidine rings is 1. The van der Waals surface area contributed by atoms with Crippen molar-refractivity contribution in [1.82, 2.24) is 10.2 Å². The summed E-state index contributed by atoms with van der Waals surface area (Å²) in [5.74, 6) is -0.0587. The van der Waals surface area contributed by atoms with Crippen LogP contribution < -0.4 is 5.32 Å². The smallest absolute Gasteiger partial charge is 0.253 e. The Morgan fingerprint density at radius 2 is 1.88 bits per heavy atom. The van der Waals surface area contributed by atoms with Gasteiger partial charge in [-0.25, -0.2) is 0 Å². The Bertz CT molecular complexity index is 537. The van der Waals surface area contributed by atoms with E-state index in [0.717, 1.165) is 44.7 Å². The van der Waals surface area contributed by atoms with Crippen molar-refractivity contribution in [3.63, 3.8) is 0 Å². The minimum absolute atomic E-state index is 0.0311. The van der Waals surface area contributed by atoms with Crippen molar-refractivity contribution in [2.24, 2.45) is 0 Å². The predicted octanol–water partition coefficient (Wildman–Crippen LogP) is 2.53. The number of amides is 1. The van der Waals surface area contributed by atoms with Crippen LogP contribution in [0.4, 0.5) is 0 Å². The lowest BCUT2D eigenvalue weighted by atomic mass is 9.86. The van der Waals surface area contributed by atoms with Crippen LogP contribution in [0.1, 0.15) is 43.8 Å². The summed E-state index contributed by atoms with van der Waals surface area (Å²) >= 11 is 0. The lowest BCUT2D eigenvalue weighted by Gasteiger charge is -2.48. The molecule has 2 heterocycles. The highest BCUT2D eigenvalue weighted by Gasteiger charge is 2.39. The van der Waals surface area contributed by atoms with Crippen LogP contribution in [-0.2, 0) is 14.3 Å². The van der Waals surface area contributed by atoms with Gasteiger partial charge in [0.05, 0.1) is 0 Å². The van der Waals surface area contributed by atoms with Crippen molar-refractivity contribution in [3.8, 4) is 0 Å². The number of likely N-dealkylation sites (tertiary alicyclic amines) is 1.